The van der Waals surface area contributed by atoms with E-state index in [1.54, 1.807) is 11.8 Å². The molecular weight excluding hydrogens is 300 g/mol. The van der Waals surface area contributed by atoms with Crippen molar-refractivity contribution in [3.05, 3.63) is 59.2 Å². The molecule has 2 nitrogen and oxygen atoms in total. The van der Waals surface area contributed by atoms with E-state index in [0.29, 0.717) is 0 Å². The third-order valence-corrected chi connectivity index (χ3v) is 4.85. The lowest BCUT2D eigenvalue weighted by Gasteiger charge is -2.09. The van der Waals surface area contributed by atoms with E-state index in [1.165, 1.54) is 26.3 Å². The standard InChI is InChI=1S/C17H17ClN2S/c1-19-9-8-12-10-13(18)6-7-16(12)21-17-11-20-15-5-3-2-4-14(15)17/h2-7,10-11,19-20H,8-9H2,1H3. The summed E-state index contributed by atoms with van der Waals surface area (Å²) in [4.78, 5) is 5.84. The first-order valence-corrected chi connectivity index (χ1v) is 8.14. The lowest BCUT2D eigenvalue weighted by molar-refractivity contribution is 0.783. The second-order valence-electron chi connectivity index (χ2n) is 4.91. The molecule has 0 aliphatic rings. The molecular formula is C17H17ClN2S. The van der Waals surface area contributed by atoms with Crippen LogP contribution in [0.15, 0.2) is 58.5 Å². The zero-order valence-electron chi connectivity index (χ0n) is 11.8. The normalized spacial score (nSPS) is 11.1. The molecule has 0 bridgehead atoms. The Morgan fingerprint density at radius 3 is 2.86 bits per heavy atom. The molecule has 3 rings (SSSR count). The van der Waals surface area contributed by atoms with E-state index < -0.39 is 0 Å². The second kappa shape index (κ2) is 6.56. The predicted octanol–water partition coefficient (Wildman–Crippen LogP) is 4.73. The number of fused-ring (bicyclic) bond motifs is 1. The number of para-hydroxylation sites is 1. The van der Waals surface area contributed by atoms with Crippen molar-refractivity contribution < 1.29 is 0 Å². The molecule has 0 radical (unpaired) electrons. The molecule has 4 heteroatoms. The van der Waals surface area contributed by atoms with Gasteiger partial charge in [-0.15, -0.1) is 0 Å². The number of nitrogens with one attached hydrogen (secondary N) is 2. The van der Waals surface area contributed by atoms with Crippen LogP contribution in [0.1, 0.15) is 5.56 Å². The topological polar surface area (TPSA) is 27.8 Å². The minimum absolute atomic E-state index is 0.796. The first-order valence-electron chi connectivity index (χ1n) is 6.95. The smallest absolute Gasteiger partial charge is 0.0465 e. The quantitative estimate of drug-likeness (QED) is 0.712. The molecule has 0 aliphatic heterocycles. The number of halogens is 1. The van der Waals surface area contributed by atoms with Gasteiger partial charge in [0.05, 0.1) is 0 Å². The monoisotopic (exact) mass is 316 g/mol. The molecule has 0 saturated carbocycles. The molecule has 1 aromatic heterocycles. The highest BCUT2D eigenvalue weighted by atomic mass is 35.5. The maximum atomic E-state index is 6.14. The summed E-state index contributed by atoms with van der Waals surface area (Å²) in [6.45, 7) is 0.946. The third kappa shape index (κ3) is 3.26. The van der Waals surface area contributed by atoms with Gasteiger partial charge in [-0.1, -0.05) is 41.6 Å². The highest BCUT2D eigenvalue weighted by molar-refractivity contribution is 7.99. The fraction of sp³-hybridized carbons (Fsp3) is 0.176. The Kier molecular flexibility index (Phi) is 4.54. The van der Waals surface area contributed by atoms with Crippen molar-refractivity contribution >= 4 is 34.3 Å². The number of H-pyrrole nitrogens is 1. The van der Waals surface area contributed by atoms with Crippen LogP contribution in [0.25, 0.3) is 10.9 Å². The van der Waals surface area contributed by atoms with Crippen LogP contribution < -0.4 is 5.32 Å². The number of aromatic amines is 1. The number of aromatic nitrogens is 1. The minimum atomic E-state index is 0.796. The van der Waals surface area contributed by atoms with Gasteiger partial charge in [0, 0.05) is 31.9 Å². The summed E-state index contributed by atoms with van der Waals surface area (Å²) in [6, 6.07) is 14.5. The Morgan fingerprint density at radius 1 is 1.14 bits per heavy atom. The van der Waals surface area contributed by atoms with E-state index in [9.17, 15) is 0 Å². The van der Waals surface area contributed by atoms with Crippen LogP contribution in [0.4, 0.5) is 0 Å². The van der Waals surface area contributed by atoms with E-state index in [4.69, 9.17) is 11.6 Å². The SMILES string of the molecule is CNCCc1cc(Cl)ccc1Sc1c[nH]c2ccccc12. The van der Waals surface area contributed by atoms with Gasteiger partial charge >= 0.3 is 0 Å². The van der Waals surface area contributed by atoms with Crippen LogP contribution in [-0.4, -0.2) is 18.6 Å². The van der Waals surface area contributed by atoms with E-state index in [-0.39, 0.29) is 0 Å². The number of likely N-dealkylation sites (N-methyl/N-ethyl adjacent to an activating group) is 1. The van der Waals surface area contributed by atoms with Gasteiger partial charge in [0.2, 0.25) is 0 Å². The Bertz CT molecular complexity index is 751. The molecule has 0 atom stereocenters. The van der Waals surface area contributed by atoms with E-state index in [1.807, 2.05) is 19.2 Å². The predicted molar refractivity (Wildman–Crippen MR) is 91.5 cm³/mol. The molecule has 0 unspecified atom stereocenters. The number of benzene rings is 2. The maximum absolute atomic E-state index is 6.14. The van der Waals surface area contributed by atoms with Crippen LogP contribution in [0, 0.1) is 0 Å². The van der Waals surface area contributed by atoms with Crippen molar-refractivity contribution in [2.24, 2.45) is 0 Å². The zero-order chi connectivity index (χ0) is 14.7. The molecule has 2 N–H and O–H groups in total. The summed E-state index contributed by atoms with van der Waals surface area (Å²) in [5.74, 6) is 0. The molecule has 0 spiro atoms. The van der Waals surface area contributed by atoms with Gasteiger partial charge in [-0.3, -0.25) is 0 Å². The van der Waals surface area contributed by atoms with Gasteiger partial charge < -0.3 is 10.3 Å². The molecule has 0 saturated heterocycles. The van der Waals surface area contributed by atoms with Crippen molar-refractivity contribution in [3.63, 3.8) is 0 Å². The van der Waals surface area contributed by atoms with Crippen LogP contribution in [0.3, 0.4) is 0 Å². The summed E-state index contributed by atoms with van der Waals surface area (Å²) < 4.78 is 0. The van der Waals surface area contributed by atoms with Gasteiger partial charge in [-0.25, -0.2) is 0 Å². The van der Waals surface area contributed by atoms with Crippen molar-refractivity contribution in [2.75, 3.05) is 13.6 Å². The Hall–Kier alpha value is -1.42. The van der Waals surface area contributed by atoms with E-state index in [2.05, 4.69) is 46.8 Å². The number of hydrogen-bond donors (Lipinski definition) is 2. The van der Waals surface area contributed by atoms with Gasteiger partial charge in [-0.05, 0) is 49.8 Å². The van der Waals surface area contributed by atoms with Crippen molar-refractivity contribution in [2.45, 2.75) is 16.2 Å². The fourth-order valence-electron chi connectivity index (χ4n) is 2.35. The molecule has 1 heterocycles. The van der Waals surface area contributed by atoms with E-state index in [0.717, 1.165) is 18.0 Å². The van der Waals surface area contributed by atoms with Gasteiger partial charge in [0.1, 0.15) is 0 Å². The molecule has 0 aliphatic carbocycles. The van der Waals surface area contributed by atoms with Gasteiger partial charge in [0.25, 0.3) is 0 Å². The van der Waals surface area contributed by atoms with Crippen LogP contribution in [-0.2, 0) is 6.42 Å². The molecule has 2 aromatic carbocycles. The highest BCUT2D eigenvalue weighted by Crippen LogP contribution is 2.36. The Morgan fingerprint density at radius 2 is 2.00 bits per heavy atom. The summed E-state index contributed by atoms with van der Waals surface area (Å²) in [6.07, 6.45) is 3.05. The van der Waals surface area contributed by atoms with Crippen molar-refractivity contribution in [1.82, 2.24) is 10.3 Å². The third-order valence-electron chi connectivity index (χ3n) is 3.44. The average molecular weight is 317 g/mol. The summed E-state index contributed by atoms with van der Waals surface area (Å²) in [5.41, 5.74) is 2.46. The molecule has 108 valence electrons. The number of hydrogen-bond acceptors (Lipinski definition) is 2. The van der Waals surface area contributed by atoms with Gasteiger partial charge in [-0.2, -0.15) is 0 Å². The van der Waals surface area contributed by atoms with Gasteiger partial charge in [0.15, 0.2) is 0 Å². The molecule has 21 heavy (non-hydrogen) atoms. The van der Waals surface area contributed by atoms with Crippen LogP contribution >= 0.6 is 23.4 Å². The first-order chi connectivity index (χ1) is 10.3. The molecule has 0 fully saturated rings. The largest absolute Gasteiger partial charge is 0.360 e. The molecule has 3 aromatic rings. The first kappa shape index (κ1) is 14.5. The summed E-state index contributed by atoms with van der Waals surface area (Å²) in [7, 11) is 1.97. The Balaban J connectivity index is 1.93. The number of rotatable bonds is 5. The second-order valence-corrected chi connectivity index (χ2v) is 6.43. The summed E-state index contributed by atoms with van der Waals surface area (Å²) in [5, 5.41) is 5.25. The minimum Gasteiger partial charge on any atom is -0.360 e. The average Bonchev–Trinajstić information content (AvgIpc) is 2.91. The van der Waals surface area contributed by atoms with Crippen LogP contribution in [0.5, 0.6) is 0 Å². The Labute approximate surface area is 133 Å². The highest BCUT2D eigenvalue weighted by Gasteiger charge is 2.09. The molecule has 0 amide bonds. The van der Waals surface area contributed by atoms with Crippen molar-refractivity contribution in [3.8, 4) is 0 Å². The van der Waals surface area contributed by atoms with Crippen molar-refractivity contribution in [1.29, 1.82) is 0 Å². The lowest BCUT2D eigenvalue weighted by atomic mass is 10.1. The van der Waals surface area contributed by atoms with Crippen LogP contribution in [0.2, 0.25) is 5.02 Å². The maximum Gasteiger partial charge on any atom is 0.0465 e. The summed E-state index contributed by atoms with van der Waals surface area (Å²) >= 11 is 7.93. The fourth-order valence-corrected chi connectivity index (χ4v) is 3.62. The van der Waals surface area contributed by atoms with E-state index >= 15 is 0 Å². The lowest BCUT2D eigenvalue weighted by Crippen LogP contribution is -2.10. The zero-order valence-corrected chi connectivity index (χ0v) is 13.4.